The van der Waals surface area contributed by atoms with E-state index in [1.54, 1.807) is 0 Å². The second kappa shape index (κ2) is 4.72. The van der Waals surface area contributed by atoms with Crippen LogP contribution in [0.1, 0.15) is 12.0 Å². The molecule has 0 radical (unpaired) electrons. The lowest BCUT2D eigenvalue weighted by molar-refractivity contribution is -0.391. The molecule has 0 spiro atoms. The first-order valence-corrected chi connectivity index (χ1v) is 5.71. The van der Waals surface area contributed by atoms with Crippen LogP contribution in [0, 0.1) is 0 Å². The van der Waals surface area contributed by atoms with Crippen molar-refractivity contribution in [2.45, 2.75) is 25.1 Å². The average Bonchev–Trinajstić information content (AvgIpc) is 2.28. The molecule has 0 bridgehead atoms. The largest absolute Gasteiger partial charge is 0.507 e. The molecule has 1 heterocycles. The minimum absolute atomic E-state index is 0.0804. The van der Waals surface area contributed by atoms with Gasteiger partial charge in [0.05, 0.1) is 0 Å². The van der Waals surface area contributed by atoms with Gasteiger partial charge in [0, 0.05) is 17.7 Å². The highest BCUT2D eigenvalue weighted by Crippen LogP contribution is 2.48. The number of hydrogen-bond donors (Lipinski definition) is 1. The van der Waals surface area contributed by atoms with Crippen molar-refractivity contribution in [3.8, 4) is 11.5 Å². The number of hydrogen-bond acceptors (Lipinski definition) is 3. The van der Waals surface area contributed by atoms with Gasteiger partial charge in [-0.1, -0.05) is 11.6 Å². The Morgan fingerprint density at radius 2 is 1.58 bits per heavy atom. The number of aliphatic hydroxyl groups excluding tert-OH is 1. The Balaban J connectivity index is 2.37. The van der Waals surface area contributed by atoms with Crippen molar-refractivity contribution in [3.05, 3.63) is 22.7 Å². The molecular weight excluding hydrogens is 292 g/mol. The molecule has 1 aromatic rings. The normalized spacial score (nSPS) is 19.3. The topological polar surface area (TPSA) is 38.7 Å². The smallest absolute Gasteiger partial charge is 0.421 e. The van der Waals surface area contributed by atoms with E-state index in [1.807, 2.05) is 0 Å². The van der Waals surface area contributed by atoms with Crippen LogP contribution >= 0.6 is 11.6 Å². The standard InChI is InChI=1S/C11H9ClF4O3/c12-7-5-9-8(4-6(7)2-1-3-17)18-10(13,14)11(15,16)19-9/h4-5,17H,1-3H2. The van der Waals surface area contributed by atoms with Gasteiger partial charge in [-0.2, -0.15) is 17.6 Å². The van der Waals surface area contributed by atoms with Crippen molar-refractivity contribution in [2.75, 3.05) is 6.61 Å². The van der Waals surface area contributed by atoms with Gasteiger partial charge >= 0.3 is 12.2 Å². The van der Waals surface area contributed by atoms with E-state index in [2.05, 4.69) is 9.47 Å². The van der Waals surface area contributed by atoms with Crippen LogP contribution in [0.3, 0.4) is 0 Å². The predicted molar refractivity (Wildman–Crippen MR) is 58.0 cm³/mol. The molecule has 0 amide bonds. The van der Waals surface area contributed by atoms with Crippen molar-refractivity contribution in [1.29, 1.82) is 0 Å². The first-order chi connectivity index (χ1) is 8.77. The van der Waals surface area contributed by atoms with Crippen LogP contribution in [0.5, 0.6) is 11.5 Å². The van der Waals surface area contributed by atoms with Crippen LogP contribution in [0.15, 0.2) is 12.1 Å². The molecule has 106 valence electrons. The van der Waals surface area contributed by atoms with Crippen molar-refractivity contribution < 1.29 is 32.1 Å². The average molecular weight is 301 g/mol. The summed E-state index contributed by atoms with van der Waals surface area (Å²) < 4.78 is 59.7. The van der Waals surface area contributed by atoms with E-state index < -0.39 is 23.7 Å². The quantitative estimate of drug-likeness (QED) is 0.871. The first kappa shape index (κ1) is 14.2. The van der Waals surface area contributed by atoms with Gasteiger partial charge in [0.2, 0.25) is 0 Å². The molecule has 0 aromatic heterocycles. The minimum atomic E-state index is -4.75. The summed E-state index contributed by atoms with van der Waals surface area (Å²) in [5.74, 6) is -1.05. The Kier molecular flexibility index (Phi) is 3.53. The molecule has 1 aliphatic heterocycles. The van der Waals surface area contributed by atoms with Crippen LogP contribution in [-0.4, -0.2) is 23.9 Å². The second-order valence-corrected chi connectivity index (χ2v) is 4.36. The molecule has 0 saturated carbocycles. The molecule has 19 heavy (non-hydrogen) atoms. The molecule has 0 fully saturated rings. The van der Waals surface area contributed by atoms with Crippen molar-refractivity contribution >= 4 is 11.6 Å². The Labute approximate surface area is 110 Å². The molecule has 0 aliphatic carbocycles. The van der Waals surface area contributed by atoms with E-state index in [-0.39, 0.29) is 11.6 Å². The number of fused-ring (bicyclic) bond motifs is 1. The third-order valence-corrected chi connectivity index (χ3v) is 2.88. The van der Waals surface area contributed by atoms with Gasteiger partial charge in [0.15, 0.2) is 11.5 Å². The summed E-state index contributed by atoms with van der Waals surface area (Å²) in [5, 5.41) is 8.77. The van der Waals surface area contributed by atoms with E-state index in [0.29, 0.717) is 18.4 Å². The third kappa shape index (κ3) is 2.57. The fraction of sp³-hybridized carbons (Fsp3) is 0.455. The highest BCUT2D eigenvalue weighted by atomic mass is 35.5. The van der Waals surface area contributed by atoms with Gasteiger partial charge in [-0.15, -0.1) is 0 Å². The highest BCUT2D eigenvalue weighted by Gasteiger charge is 2.66. The zero-order valence-corrected chi connectivity index (χ0v) is 10.2. The molecule has 8 heteroatoms. The molecule has 3 nitrogen and oxygen atoms in total. The minimum Gasteiger partial charge on any atom is -0.421 e. The van der Waals surface area contributed by atoms with Gasteiger partial charge in [0.1, 0.15) is 0 Å². The molecule has 2 rings (SSSR count). The maximum atomic E-state index is 13.0. The van der Waals surface area contributed by atoms with Crippen molar-refractivity contribution in [2.24, 2.45) is 0 Å². The van der Waals surface area contributed by atoms with Gasteiger partial charge < -0.3 is 14.6 Å². The fourth-order valence-corrected chi connectivity index (χ4v) is 1.84. The summed E-state index contributed by atoms with van der Waals surface area (Å²) in [6.07, 6.45) is -8.85. The van der Waals surface area contributed by atoms with E-state index in [0.717, 1.165) is 12.1 Å². The number of rotatable bonds is 3. The van der Waals surface area contributed by atoms with Crippen LogP contribution in [-0.2, 0) is 6.42 Å². The van der Waals surface area contributed by atoms with Crippen molar-refractivity contribution in [3.63, 3.8) is 0 Å². The fourth-order valence-electron chi connectivity index (χ4n) is 1.59. The Bertz CT molecular complexity index is 493. The Hall–Kier alpha value is -1.21. The lowest BCUT2D eigenvalue weighted by Gasteiger charge is -2.32. The van der Waals surface area contributed by atoms with Crippen molar-refractivity contribution in [1.82, 2.24) is 0 Å². The summed E-state index contributed by atoms with van der Waals surface area (Å²) >= 11 is 5.81. The van der Waals surface area contributed by atoms with Crippen LogP contribution in [0.25, 0.3) is 0 Å². The summed E-state index contributed by atoms with van der Waals surface area (Å²) in [7, 11) is 0. The molecule has 1 aromatic carbocycles. The zero-order chi connectivity index (χ0) is 14.3. The first-order valence-electron chi connectivity index (χ1n) is 5.34. The molecule has 1 N–H and O–H groups in total. The van der Waals surface area contributed by atoms with Crippen LogP contribution in [0.4, 0.5) is 17.6 Å². The van der Waals surface area contributed by atoms with E-state index in [9.17, 15) is 17.6 Å². The number of alkyl halides is 4. The van der Waals surface area contributed by atoms with E-state index in [1.165, 1.54) is 0 Å². The lowest BCUT2D eigenvalue weighted by Crippen LogP contribution is -2.52. The maximum absolute atomic E-state index is 13.0. The monoisotopic (exact) mass is 300 g/mol. The van der Waals surface area contributed by atoms with Gasteiger partial charge in [0.25, 0.3) is 0 Å². The molecule has 1 aliphatic rings. The number of benzene rings is 1. The predicted octanol–water partition coefficient (Wildman–Crippen LogP) is 3.22. The van der Waals surface area contributed by atoms with Crippen LogP contribution in [0.2, 0.25) is 5.02 Å². The summed E-state index contributed by atoms with van der Waals surface area (Å²) in [5.41, 5.74) is 0.402. The number of ether oxygens (including phenoxy) is 2. The molecule has 0 atom stereocenters. The van der Waals surface area contributed by atoms with Crippen LogP contribution < -0.4 is 9.47 Å². The summed E-state index contributed by atoms with van der Waals surface area (Å²) in [4.78, 5) is 0. The Morgan fingerprint density at radius 1 is 1.05 bits per heavy atom. The van der Waals surface area contributed by atoms with Gasteiger partial charge in [-0.25, -0.2) is 0 Å². The number of halogens is 5. The summed E-state index contributed by atoms with van der Waals surface area (Å²) in [6, 6.07) is 2.10. The third-order valence-electron chi connectivity index (χ3n) is 2.53. The number of aryl methyl sites for hydroxylation is 1. The van der Waals surface area contributed by atoms with E-state index >= 15 is 0 Å². The maximum Gasteiger partial charge on any atom is 0.507 e. The zero-order valence-electron chi connectivity index (χ0n) is 9.43. The molecular formula is C11H9ClF4O3. The molecule has 0 saturated heterocycles. The molecule has 0 unspecified atom stereocenters. The lowest BCUT2D eigenvalue weighted by atomic mass is 10.1. The second-order valence-electron chi connectivity index (χ2n) is 3.96. The Morgan fingerprint density at radius 3 is 2.11 bits per heavy atom. The number of aliphatic hydroxyl groups is 1. The van der Waals surface area contributed by atoms with E-state index in [4.69, 9.17) is 16.7 Å². The summed E-state index contributed by atoms with van der Waals surface area (Å²) in [6.45, 7) is -0.112. The van der Waals surface area contributed by atoms with Gasteiger partial charge in [-0.05, 0) is 24.5 Å². The SMILES string of the molecule is OCCCc1cc2c(cc1Cl)OC(F)(F)C(F)(F)O2. The highest BCUT2D eigenvalue weighted by molar-refractivity contribution is 6.31. The van der Waals surface area contributed by atoms with Gasteiger partial charge in [-0.3, -0.25) is 0 Å².